The SMILES string of the molecule is [B]C([B])([B])c1nc2c(C)ccc(NC(=O)c3cc(Cl)c(O)c(Cl)c3)c2c(=O)n1Cc1ccccc1C(F)(F)F. The summed E-state index contributed by atoms with van der Waals surface area (Å²) in [6.07, 6.45) is -4.71. The number of aromatic hydroxyl groups is 1. The Kier molecular flexibility index (Phi) is 7.57. The largest absolute Gasteiger partial charge is 0.505 e. The second-order valence-electron chi connectivity index (χ2n) is 8.81. The number of fused-ring (bicyclic) bond motifs is 1. The number of nitrogens with zero attached hydrogens (tertiary/aromatic N) is 2. The van der Waals surface area contributed by atoms with Gasteiger partial charge in [0.15, 0.2) is 5.75 Å². The molecule has 14 heteroatoms. The Bertz CT molecular complexity index is 1670. The number of aryl methyl sites for hydroxylation is 1. The van der Waals surface area contributed by atoms with Gasteiger partial charge in [-0.3, -0.25) is 14.2 Å². The molecule has 192 valence electrons. The average molecular weight is 566 g/mol. The Morgan fingerprint density at radius 2 is 1.69 bits per heavy atom. The molecule has 0 aliphatic heterocycles. The molecule has 6 nitrogen and oxygen atoms in total. The van der Waals surface area contributed by atoms with Gasteiger partial charge in [-0.2, -0.15) is 13.2 Å². The van der Waals surface area contributed by atoms with Crippen molar-refractivity contribution in [2.75, 3.05) is 5.32 Å². The normalized spacial score (nSPS) is 12.1. The highest BCUT2D eigenvalue weighted by Crippen LogP contribution is 2.34. The molecule has 0 bridgehead atoms. The third kappa shape index (κ3) is 5.67. The van der Waals surface area contributed by atoms with Crippen LogP contribution in [0.15, 0.2) is 53.3 Å². The molecule has 4 aromatic rings. The molecule has 4 rings (SSSR count). The topological polar surface area (TPSA) is 84.2 Å². The lowest BCUT2D eigenvalue weighted by Gasteiger charge is -2.26. The molecule has 3 aromatic carbocycles. The first-order valence-electron chi connectivity index (χ1n) is 11.1. The molecule has 1 heterocycles. The van der Waals surface area contributed by atoms with Gasteiger partial charge in [-0.05, 0) is 42.3 Å². The van der Waals surface area contributed by atoms with Crippen LogP contribution in [0.4, 0.5) is 18.9 Å². The van der Waals surface area contributed by atoms with Gasteiger partial charge in [-0.25, -0.2) is 4.98 Å². The molecule has 0 unspecified atom stereocenters. The number of aromatic nitrogens is 2. The molecule has 0 saturated heterocycles. The van der Waals surface area contributed by atoms with Crippen LogP contribution in [0.5, 0.6) is 5.75 Å². The van der Waals surface area contributed by atoms with E-state index in [1.807, 2.05) is 0 Å². The van der Waals surface area contributed by atoms with E-state index >= 15 is 0 Å². The van der Waals surface area contributed by atoms with E-state index in [2.05, 4.69) is 10.3 Å². The number of alkyl halides is 3. The van der Waals surface area contributed by atoms with E-state index in [0.29, 0.717) is 5.56 Å². The van der Waals surface area contributed by atoms with Crippen LogP contribution in [0, 0.1) is 6.92 Å². The zero-order valence-electron chi connectivity index (χ0n) is 20.1. The second-order valence-corrected chi connectivity index (χ2v) is 9.63. The summed E-state index contributed by atoms with van der Waals surface area (Å²) in [6.45, 7) is 1.00. The van der Waals surface area contributed by atoms with Gasteiger partial charge in [-0.1, -0.05) is 52.6 Å². The molecule has 0 aliphatic rings. The van der Waals surface area contributed by atoms with Gasteiger partial charge in [0.05, 0.1) is 68.1 Å². The first kappa shape index (κ1) is 28.6. The highest BCUT2D eigenvalue weighted by molar-refractivity contribution is 6.58. The zero-order chi connectivity index (χ0) is 28.9. The molecule has 2 N–H and O–H groups in total. The molecule has 0 saturated carbocycles. The number of carbonyl (C=O) groups excluding carboxylic acids is 1. The van der Waals surface area contributed by atoms with E-state index in [-0.39, 0.29) is 43.6 Å². The van der Waals surface area contributed by atoms with Crippen LogP contribution < -0.4 is 10.9 Å². The molecule has 1 aromatic heterocycles. The summed E-state index contributed by atoms with van der Waals surface area (Å²) in [4.78, 5) is 31.2. The van der Waals surface area contributed by atoms with Gasteiger partial charge in [0.2, 0.25) is 0 Å². The van der Waals surface area contributed by atoms with E-state index in [9.17, 15) is 27.9 Å². The smallest absolute Gasteiger partial charge is 0.416 e. The Morgan fingerprint density at radius 1 is 1.08 bits per heavy atom. The summed E-state index contributed by atoms with van der Waals surface area (Å²) >= 11 is 11.8. The molecular formula is C25H15B3Cl2F3N3O3. The van der Waals surface area contributed by atoms with Gasteiger partial charge in [0, 0.05) is 5.56 Å². The van der Waals surface area contributed by atoms with Crippen LogP contribution in [-0.2, 0) is 17.8 Å². The third-order valence-corrected chi connectivity index (χ3v) is 6.45. The van der Waals surface area contributed by atoms with E-state index in [1.165, 1.54) is 36.4 Å². The lowest BCUT2D eigenvalue weighted by Crippen LogP contribution is -2.39. The fraction of sp³-hybridized carbons (Fsp3) is 0.160. The number of amides is 1. The number of benzene rings is 3. The van der Waals surface area contributed by atoms with Gasteiger partial charge >= 0.3 is 6.18 Å². The minimum Gasteiger partial charge on any atom is -0.505 e. The van der Waals surface area contributed by atoms with E-state index in [0.717, 1.165) is 10.6 Å². The molecule has 0 fully saturated rings. The summed E-state index contributed by atoms with van der Waals surface area (Å²) in [7, 11) is 17.6. The van der Waals surface area contributed by atoms with Gasteiger partial charge in [0.1, 0.15) is 0 Å². The summed E-state index contributed by atoms with van der Waals surface area (Å²) in [5.74, 6) is -1.53. The van der Waals surface area contributed by atoms with Gasteiger partial charge < -0.3 is 10.4 Å². The van der Waals surface area contributed by atoms with E-state index in [1.54, 1.807) is 13.0 Å². The fourth-order valence-electron chi connectivity index (χ4n) is 4.03. The third-order valence-electron chi connectivity index (χ3n) is 5.88. The number of phenols is 1. The lowest BCUT2D eigenvalue weighted by molar-refractivity contribution is -0.138. The molecule has 0 spiro atoms. The standard InChI is InChI=1S/C25H15B3Cl2F3N3O3/c1-11-6-7-17(34-21(38)13-8-15(29)20(37)16(30)9-13)18-19(11)35-23(24(26,27)28)36(22(18)39)10-12-4-2-3-5-14(12)25(31,32)33/h2-9,37H,10H2,1H3,(H,34,38). The van der Waals surface area contributed by atoms with Crippen molar-refractivity contribution in [3.8, 4) is 5.75 Å². The van der Waals surface area contributed by atoms with Crippen molar-refractivity contribution in [2.45, 2.75) is 24.8 Å². The minimum absolute atomic E-state index is 0.0144. The first-order valence-corrected chi connectivity index (χ1v) is 11.9. The Morgan fingerprint density at radius 3 is 2.28 bits per heavy atom. The quantitative estimate of drug-likeness (QED) is 0.345. The minimum atomic E-state index is -4.71. The summed E-state index contributed by atoms with van der Waals surface area (Å²) in [5.41, 5.74) is -1.59. The summed E-state index contributed by atoms with van der Waals surface area (Å²) in [6, 6.07) is 9.99. The highest BCUT2D eigenvalue weighted by Gasteiger charge is 2.34. The maximum atomic E-state index is 13.9. The molecule has 39 heavy (non-hydrogen) atoms. The Hall–Kier alpha value is -3.37. The van der Waals surface area contributed by atoms with Crippen LogP contribution in [0.2, 0.25) is 10.0 Å². The van der Waals surface area contributed by atoms with Crippen LogP contribution in [0.3, 0.4) is 0 Å². The fourth-order valence-corrected chi connectivity index (χ4v) is 4.52. The van der Waals surface area contributed by atoms with Crippen molar-refractivity contribution in [3.63, 3.8) is 0 Å². The predicted octanol–water partition coefficient (Wildman–Crippen LogP) is 4.65. The molecule has 1 amide bonds. The van der Waals surface area contributed by atoms with E-state index < -0.39 is 40.6 Å². The predicted molar refractivity (Wildman–Crippen MR) is 146 cm³/mol. The average Bonchev–Trinajstić information content (AvgIpc) is 2.84. The van der Waals surface area contributed by atoms with Crippen LogP contribution in [0.1, 0.15) is 32.9 Å². The number of carbonyl (C=O) groups is 1. The Balaban J connectivity index is 1.93. The number of anilines is 1. The Labute approximate surface area is 234 Å². The number of hydrogen-bond donors (Lipinski definition) is 2. The number of hydrogen-bond acceptors (Lipinski definition) is 4. The summed E-state index contributed by atoms with van der Waals surface area (Å²) < 4.78 is 41.9. The zero-order valence-corrected chi connectivity index (χ0v) is 21.6. The van der Waals surface area contributed by atoms with Crippen molar-refractivity contribution in [1.29, 1.82) is 0 Å². The number of halogens is 5. The van der Waals surface area contributed by atoms with E-state index in [4.69, 9.17) is 46.7 Å². The van der Waals surface area contributed by atoms with Crippen LogP contribution >= 0.6 is 23.2 Å². The summed E-state index contributed by atoms with van der Waals surface area (Å²) in [5, 5.41) is 9.65. The van der Waals surface area contributed by atoms with Crippen molar-refractivity contribution in [1.82, 2.24) is 9.55 Å². The molecule has 0 atom stereocenters. The van der Waals surface area contributed by atoms with Crippen molar-refractivity contribution >= 4 is 69.2 Å². The van der Waals surface area contributed by atoms with Crippen LogP contribution in [0.25, 0.3) is 10.9 Å². The van der Waals surface area contributed by atoms with Crippen LogP contribution in [-0.4, -0.2) is 44.1 Å². The number of nitrogens with one attached hydrogen (secondary N) is 1. The maximum Gasteiger partial charge on any atom is 0.416 e. The van der Waals surface area contributed by atoms with Crippen molar-refractivity contribution in [2.24, 2.45) is 0 Å². The second kappa shape index (κ2) is 10.3. The monoisotopic (exact) mass is 565 g/mol. The van der Waals surface area contributed by atoms with Crippen molar-refractivity contribution < 1.29 is 23.1 Å². The lowest BCUT2D eigenvalue weighted by atomic mass is 9.42. The number of phenolic OH excluding ortho intramolecular Hbond substituents is 1. The van der Waals surface area contributed by atoms with Crippen molar-refractivity contribution in [3.05, 3.63) is 97.0 Å². The molecule has 6 radical (unpaired) electrons. The van der Waals surface area contributed by atoms with Gasteiger partial charge in [-0.15, -0.1) is 0 Å². The maximum absolute atomic E-state index is 13.9. The van der Waals surface area contributed by atoms with Gasteiger partial charge in [0.25, 0.3) is 11.5 Å². The molecule has 0 aliphatic carbocycles. The first-order chi connectivity index (χ1) is 18.1. The highest BCUT2D eigenvalue weighted by atomic mass is 35.5. The number of rotatable bonds is 5. The molecular weight excluding hydrogens is 551 g/mol.